The van der Waals surface area contributed by atoms with Gasteiger partial charge in [-0.15, -0.1) is 0 Å². The molecule has 1 aliphatic rings. The molecule has 2 rings (SSSR count). The van der Waals surface area contributed by atoms with Gasteiger partial charge in [-0.1, -0.05) is 13.8 Å². The highest BCUT2D eigenvalue weighted by atomic mass is 32.2. The molecule has 1 heterocycles. The summed E-state index contributed by atoms with van der Waals surface area (Å²) >= 11 is 0. The SMILES string of the molecule is CNc1ccncc1S(=O)(=O)NC1CC(OC)C1(C)C. The first kappa shape index (κ1) is 15.2. The van der Waals surface area contributed by atoms with Crippen molar-refractivity contribution in [3.63, 3.8) is 0 Å². The summed E-state index contributed by atoms with van der Waals surface area (Å²) < 4.78 is 33.0. The number of aromatic nitrogens is 1. The summed E-state index contributed by atoms with van der Waals surface area (Å²) in [4.78, 5) is 4.06. The zero-order valence-corrected chi connectivity index (χ0v) is 13.0. The second kappa shape index (κ2) is 5.31. The molecule has 2 N–H and O–H groups in total. The number of sulfonamides is 1. The monoisotopic (exact) mass is 299 g/mol. The molecular weight excluding hydrogens is 278 g/mol. The van der Waals surface area contributed by atoms with Crippen LogP contribution in [0.5, 0.6) is 0 Å². The second-order valence-electron chi connectivity index (χ2n) is 5.58. The van der Waals surface area contributed by atoms with Crippen LogP contribution in [0.2, 0.25) is 0 Å². The zero-order chi connectivity index (χ0) is 15.0. The summed E-state index contributed by atoms with van der Waals surface area (Å²) in [6, 6.07) is 1.50. The summed E-state index contributed by atoms with van der Waals surface area (Å²) in [6.45, 7) is 4.00. The molecule has 1 saturated carbocycles. The lowest BCUT2D eigenvalue weighted by atomic mass is 9.65. The van der Waals surface area contributed by atoms with Crippen molar-refractivity contribution in [1.29, 1.82) is 0 Å². The first-order valence-corrected chi connectivity index (χ1v) is 7.98. The van der Waals surface area contributed by atoms with E-state index < -0.39 is 10.0 Å². The Balaban J connectivity index is 2.21. The number of pyridine rings is 1. The molecule has 0 aliphatic heterocycles. The third-order valence-electron chi connectivity index (χ3n) is 4.10. The van der Waals surface area contributed by atoms with Gasteiger partial charge in [0.05, 0.1) is 11.8 Å². The molecule has 0 amide bonds. The topological polar surface area (TPSA) is 80.3 Å². The van der Waals surface area contributed by atoms with Crippen LogP contribution in [0.1, 0.15) is 20.3 Å². The van der Waals surface area contributed by atoms with Gasteiger partial charge in [0, 0.05) is 38.0 Å². The van der Waals surface area contributed by atoms with Crippen molar-refractivity contribution < 1.29 is 13.2 Å². The van der Waals surface area contributed by atoms with Gasteiger partial charge < -0.3 is 10.1 Å². The molecule has 1 aromatic rings. The van der Waals surface area contributed by atoms with Gasteiger partial charge >= 0.3 is 0 Å². The Morgan fingerprint density at radius 1 is 1.45 bits per heavy atom. The fourth-order valence-corrected chi connectivity index (χ4v) is 4.10. The van der Waals surface area contributed by atoms with E-state index in [-0.39, 0.29) is 22.5 Å². The minimum Gasteiger partial charge on any atom is -0.387 e. The molecule has 6 nitrogen and oxygen atoms in total. The number of nitrogens with zero attached hydrogens (tertiary/aromatic N) is 1. The maximum absolute atomic E-state index is 12.5. The fraction of sp³-hybridized carbons (Fsp3) is 0.615. The van der Waals surface area contributed by atoms with Crippen LogP contribution >= 0.6 is 0 Å². The van der Waals surface area contributed by atoms with Gasteiger partial charge in [-0.2, -0.15) is 0 Å². The third kappa shape index (κ3) is 2.53. The largest absolute Gasteiger partial charge is 0.387 e. The van der Waals surface area contributed by atoms with E-state index in [9.17, 15) is 8.42 Å². The molecule has 2 atom stereocenters. The fourth-order valence-electron chi connectivity index (χ4n) is 2.54. The normalized spacial score (nSPS) is 25.0. The van der Waals surface area contributed by atoms with Gasteiger partial charge in [-0.05, 0) is 12.5 Å². The van der Waals surface area contributed by atoms with Crippen molar-refractivity contribution in [3.05, 3.63) is 18.5 Å². The van der Waals surface area contributed by atoms with Crippen molar-refractivity contribution in [2.45, 2.75) is 37.3 Å². The number of ether oxygens (including phenoxy) is 1. The number of hydrogen-bond acceptors (Lipinski definition) is 5. The first-order chi connectivity index (χ1) is 9.32. The van der Waals surface area contributed by atoms with Gasteiger partial charge in [-0.3, -0.25) is 4.98 Å². The maximum Gasteiger partial charge on any atom is 0.244 e. The number of nitrogens with one attached hydrogen (secondary N) is 2. The Bertz CT molecular complexity index is 586. The van der Waals surface area contributed by atoms with Crippen molar-refractivity contribution in [3.8, 4) is 0 Å². The summed E-state index contributed by atoms with van der Waals surface area (Å²) in [5, 5.41) is 2.87. The van der Waals surface area contributed by atoms with E-state index in [0.29, 0.717) is 12.1 Å². The first-order valence-electron chi connectivity index (χ1n) is 6.50. The van der Waals surface area contributed by atoms with Crippen LogP contribution in [0.15, 0.2) is 23.4 Å². The predicted octanol–water partition coefficient (Wildman–Crippen LogP) is 1.22. The number of methoxy groups -OCH3 is 1. The molecule has 0 spiro atoms. The second-order valence-corrected chi connectivity index (χ2v) is 7.26. The van der Waals surface area contributed by atoms with Crippen LogP contribution in [-0.2, 0) is 14.8 Å². The molecule has 112 valence electrons. The number of rotatable bonds is 5. The van der Waals surface area contributed by atoms with Gasteiger partial charge in [-0.25, -0.2) is 13.1 Å². The van der Waals surface area contributed by atoms with Crippen LogP contribution in [0.4, 0.5) is 5.69 Å². The highest BCUT2D eigenvalue weighted by Crippen LogP contribution is 2.43. The molecule has 0 saturated heterocycles. The zero-order valence-electron chi connectivity index (χ0n) is 12.2. The molecule has 1 aromatic heterocycles. The average Bonchev–Trinajstić information content (AvgIpc) is 2.43. The standard InChI is InChI=1S/C13H21N3O3S/c1-13(2)11(7-12(13)19-4)16-20(17,18)10-8-15-6-5-9(10)14-3/h5-6,8,11-12,16H,7H2,1-4H3,(H,14,15). The Hall–Kier alpha value is -1.18. The number of hydrogen-bond donors (Lipinski definition) is 2. The molecular formula is C13H21N3O3S. The van der Waals surface area contributed by atoms with Gasteiger partial charge in [0.15, 0.2) is 0 Å². The molecule has 20 heavy (non-hydrogen) atoms. The van der Waals surface area contributed by atoms with E-state index in [1.165, 1.54) is 6.20 Å². The van der Waals surface area contributed by atoms with Crippen LogP contribution in [0.25, 0.3) is 0 Å². The van der Waals surface area contributed by atoms with Gasteiger partial charge in [0.1, 0.15) is 4.90 Å². The summed E-state index contributed by atoms with van der Waals surface area (Å²) in [5.41, 5.74) is 0.317. The molecule has 1 aliphatic carbocycles. The van der Waals surface area contributed by atoms with E-state index in [0.717, 1.165) is 0 Å². The van der Waals surface area contributed by atoms with E-state index in [2.05, 4.69) is 15.0 Å². The minimum atomic E-state index is -3.60. The Morgan fingerprint density at radius 2 is 2.15 bits per heavy atom. The van der Waals surface area contributed by atoms with Crippen LogP contribution in [0, 0.1) is 5.41 Å². The van der Waals surface area contributed by atoms with E-state index in [1.807, 2.05) is 13.8 Å². The smallest absolute Gasteiger partial charge is 0.244 e. The van der Waals surface area contributed by atoms with E-state index in [1.54, 1.807) is 26.4 Å². The van der Waals surface area contributed by atoms with Crippen molar-refractivity contribution >= 4 is 15.7 Å². The maximum atomic E-state index is 12.5. The third-order valence-corrected chi connectivity index (χ3v) is 5.60. The van der Waals surface area contributed by atoms with E-state index >= 15 is 0 Å². The quantitative estimate of drug-likeness (QED) is 0.854. The lowest BCUT2D eigenvalue weighted by Crippen LogP contribution is -2.61. The highest BCUT2D eigenvalue weighted by Gasteiger charge is 2.50. The van der Waals surface area contributed by atoms with Crippen LogP contribution in [-0.4, -0.2) is 39.7 Å². The van der Waals surface area contributed by atoms with Crippen molar-refractivity contribution in [1.82, 2.24) is 9.71 Å². The van der Waals surface area contributed by atoms with Crippen molar-refractivity contribution in [2.75, 3.05) is 19.5 Å². The number of anilines is 1. The molecule has 0 bridgehead atoms. The molecule has 0 radical (unpaired) electrons. The van der Waals surface area contributed by atoms with Crippen LogP contribution in [0.3, 0.4) is 0 Å². The van der Waals surface area contributed by atoms with Crippen molar-refractivity contribution in [2.24, 2.45) is 5.41 Å². The molecule has 7 heteroatoms. The van der Waals surface area contributed by atoms with E-state index in [4.69, 9.17) is 4.74 Å². The van der Waals surface area contributed by atoms with Crippen LogP contribution < -0.4 is 10.0 Å². The lowest BCUT2D eigenvalue weighted by Gasteiger charge is -2.50. The summed E-state index contributed by atoms with van der Waals surface area (Å²) in [5.74, 6) is 0. The minimum absolute atomic E-state index is 0.0767. The van der Waals surface area contributed by atoms with Gasteiger partial charge in [0.25, 0.3) is 0 Å². The summed E-state index contributed by atoms with van der Waals surface area (Å²) in [6.07, 6.45) is 3.66. The summed E-state index contributed by atoms with van der Waals surface area (Å²) in [7, 11) is -0.263. The molecule has 2 unspecified atom stereocenters. The average molecular weight is 299 g/mol. The lowest BCUT2D eigenvalue weighted by molar-refractivity contribution is -0.0908. The molecule has 0 aromatic carbocycles. The van der Waals surface area contributed by atoms with Gasteiger partial charge in [0.2, 0.25) is 10.0 Å². The Labute approximate surface area is 120 Å². The highest BCUT2D eigenvalue weighted by molar-refractivity contribution is 7.89. The predicted molar refractivity (Wildman–Crippen MR) is 77.1 cm³/mol. The molecule has 1 fully saturated rings. The Kier molecular flexibility index (Phi) is 4.04. The Morgan fingerprint density at radius 3 is 2.70 bits per heavy atom.